The minimum atomic E-state index is -0.0748. The minimum absolute atomic E-state index is 0.0748. The van der Waals surface area contributed by atoms with Crippen molar-refractivity contribution in [1.82, 2.24) is 15.3 Å². The van der Waals surface area contributed by atoms with Gasteiger partial charge >= 0.3 is 0 Å². The number of hydrogen-bond donors (Lipinski definition) is 2. The molecule has 0 aliphatic rings. The van der Waals surface area contributed by atoms with Gasteiger partial charge < -0.3 is 15.2 Å². The van der Waals surface area contributed by atoms with Crippen molar-refractivity contribution in [2.75, 3.05) is 18.0 Å². The van der Waals surface area contributed by atoms with E-state index in [1.807, 2.05) is 42.6 Å². The summed E-state index contributed by atoms with van der Waals surface area (Å²) in [6.07, 6.45) is 4.50. The zero-order chi connectivity index (χ0) is 20.8. The molecule has 30 heavy (non-hydrogen) atoms. The number of anilines is 1. The monoisotopic (exact) mass is 398 g/mol. The highest BCUT2D eigenvalue weighted by atomic mass is 16.1. The number of fused-ring (bicyclic) bond motifs is 1. The molecule has 4 aromatic rings. The van der Waals surface area contributed by atoms with Crippen molar-refractivity contribution in [3.8, 4) is 0 Å². The van der Waals surface area contributed by atoms with Crippen LogP contribution in [0.25, 0.3) is 10.9 Å². The van der Waals surface area contributed by atoms with E-state index in [0.717, 1.165) is 30.8 Å². The van der Waals surface area contributed by atoms with Gasteiger partial charge in [0.1, 0.15) is 5.82 Å². The van der Waals surface area contributed by atoms with E-state index in [9.17, 15) is 4.79 Å². The number of nitrogens with one attached hydrogen (secondary N) is 2. The molecule has 2 N–H and O–H groups in total. The van der Waals surface area contributed by atoms with E-state index in [1.54, 1.807) is 12.3 Å². The Hall–Kier alpha value is -3.60. The number of hydrogen-bond acceptors (Lipinski definition) is 3. The number of benzene rings is 2. The molecule has 0 unspecified atom stereocenters. The van der Waals surface area contributed by atoms with Gasteiger partial charge in [0.25, 0.3) is 5.91 Å². The lowest BCUT2D eigenvalue weighted by atomic mass is 10.1. The summed E-state index contributed by atoms with van der Waals surface area (Å²) < 4.78 is 0. The highest BCUT2D eigenvalue weighted by Crippen LogP contribution is 2.18. The fourth-order valence-electron chi connectivity index (χ4n) is 3.64. The van der Waals surface area contributed by atoms with Crippen LogP contribution in [0.2, 0.25) is 0 Å². The lowest BCUT2D eigenvalue weighted by Crippen LogP contribution is -2.27. The van der Waals surface area contributed by atoms with Gasteiger partial charge in [-0.2, -0.15) is 0 Å². The van der Waals surface area contributed by atoms with Crippen molar-refractivity contribution < 1.29 is 4.79 Å². The van der Waals surface area contributed by atoms with Crippen molar-refractivity contribution in [3.63, 3.8) is 0 Å². The molecule has 0 saturated heterocycles. The normalized spacial score (nSPS) is 10.8. The Morgan fingerprint density at radius 2 is 1.87 bits per heavy atom. The molecule has 0 radical (unpaired) electrons. The van der Waals surface area contributed by atoms with Crippen LogP contribution in [0.3, 0.4) is 0 Å². The summed E-state index contributed by atoms with van der Waals surface area (Å²) in [5.74, 6) is 0.736. The summed E-state index contributed by atoms with van der Waals surface area (Å²) in [5, 5.41) is 4.24. The Morgan fingerprint density at radius 1 is 1.07 bits per heavy atom. The molecule has 0 aliphatic heterocycles. The summed E-state index contributed by atoms with van der Waals surface area (Å²) >= 11 is 0. The number of pyridine rings is 1. The number of para-hydroxylation sites is 1. The van der Waals surface area contributed by atoms with E-state index < -0.39 is 0 Å². The van der Waals surface area contributed by atoms with E-state index >= 15 is 0 Å². The third-order valence-corrected chi connectivity index (χ3v) is 5.28. The van der Waals surface area contributed by atoms with Crippen molar-refractivity contribution >= 4 is 22.6 Å². The van der Waals surface area contributed by atoms with Crippen LogP contribution >= 0.6 is 0 Å². The van der Waals surface area contributed by atoms with E-state index in [0.29, 0.717) is 12.1 Å². The van der Waals surface area contributed by atoms with Crippen LogP contribution in [-0.2, 0) is 13.0 Å². The number of rotatable bonds is 8. The molecular weight excluding hydrogens is 372 g/mol. The van der Waals surface area contributed by atoms with Crippen LogP contribution in [0.5, 0.6) is 0 Å². The van der Waals surface area contributed by atoms with Crippen LogP contribution in [-0.4, -0.2) is 29.0 Å². The number of nitrogens with zero attached hydrogens (tertiary/aromatic N) is 2. The number of aromatic nitrogens is 2. The van der Waals surface area contributed by atoms with Crippen LogP contribution in [0.4, 0.5) is 5.82 Å². The summed E-state index contributed by atoms with van der Waals surface area (Å²) in [6, 6.07) is 22.1. The topological polar surface area (TPSA) is 61.0 Å². The second kappa shape index (κ2) is 9.27. The molecule has 0 spiro atoms. The third-order valence-electron chi connectivity index (χ3n) is 5.28. The first-order valence-electron chi connectivity index (χ1n) is 10.3. The molecular formula is C25H26N4O. The maximum atomic E-state index is 12.7. The molecule has 0 saturated carbocycles. The lowest BCUT2D eigenvalue weighted by molar-refractivity contribution is 0.0954. The highest BCUT2D eigenvalue weighted by molar-refractivity contribution is 5.94. The SMILES string of the molecule is CCN(Cc1ccccc1)c1cc(C(=O)NCCc2c[nH]c3ccccc23)ccn1. The average molecular weight is 399 g/mol. The standard InChI is InChI=1S/C25H26N4O/c1-2-29(18-19-8-4-3-5-9-19)24-16-20(12-14-26-24)25(30)27-15-13-21-17-28-23-11-7-6-10-22(21)23/h3-12,14,16-17,28H,2,13,15,18H2,1H3,(H,27,30). The van der Waals surface area contributed by atoms with E-state index in [2.05, 4.69) is 51.4 Å². The zero-order valence-electron chi connectivity index (χ0n) is 17.1. The van der Waals surface area contributed by atoms with E-state index in [1.165, 1.54) is 16.5 Å². The predicted octanol–water partition coefficient (Wildman–Crippen LogP) is 4.56. The first-order chi connectivity index (χ1) is 14.7. The van der Waals surface area contributed by atoms with Crippen LogP contribution < -0.4 is 10.2 Å². The minimum Gasteiger partial charge on any atom is -0.361 e. The highest BCUT2D eigenvalue weighted by Gasteiger charge is 2.12. The molecule has 1 amide bonds. The summed E-state index contributed by atoms with van der Waals surface area (Å²) in [4.78, 5) is 22.6. The molecule has 4 rings (SSSR count). The largest absolute Gasteiger partial charge is 0.361 e. The zero-order valence-corrected chi connectivity index (χ0v) is 17.1. The molecule has 0 bridgehead atoms. The Morgan fingerprint density at radius 3 is 2.70 bits per heavy atom. The van der Waals surface area contributed by atoms with E-state index in [4.69, 9.17) is 0 Å². The quantitative estimate of drug-likeness (QED) is 0.457. The van der Waals surface area contributed by atoms with Crippen LogP contribution in [0.15, 0.2) is 79.1 Å². The van der Waals surface area contributed by atoms with Crippen LogP contribution in [0, 0.1) is 0 Å². The molecule has 5 heteroatoms. The first-order valence-corrected chi connectivity index (χ1v) is 10.3. The van der Waals surface area contributed by atoms with Gasteiger partial charge in [-0.25, -0.2) is 4.98 Å². The summed E-state index contributed by atoms with van der Waals surface area (Å²) in [7, 11) is 0. The van der Waals surface area contributed by atoms with Gasteiger partial charge in [0.05, 0.1) is 0 Å². The van der Waals surface area contributed by atoms with Gasteiger partial charge in [-0.05, 0) is 42.7 Å². The number of carbonyl (C=O) groups excluding carboxylic acids is 1. The summed E-state index contributed by atoms with van der Waals surface area (Å²) in [5.41, 5.74) is 4.18. The molecule has 0 aliphatic carbocycles. The van der Waals surface area contributed by atoms with Gasteiger partial charge in [-0.3, -0.25) is 4.79 Å². The smallest absolute Gasteiger partial charge is 0.251 e. The van der Waals surface area contributed by atoms with Crippen molar-refractivity contribution in [1.29, 1.82) is 0 Å². The molecule has 2 aromatic carbocycles. The maximum Gasteiger partial charge on any atom is 0.251 e. The van der Waals surface area contributed by atoms with Gasteiger partial charge in [-0.15, -0.1) is 0 Å². The molecule has 2 heterocycles. The maximum absolute atomic E-state index is 12.7. The Bertz CT molecular complexity index is 1120. The first kappa shape index (κ1) is 19.7. The number of amides is 1. The van der Waals surface area contributed by atoms with Crippen molar-refractivity contribution in [2.45, 2.75) is 19.9 Å². The Kier molecular flexibility index (Phi) is 6.09. The van der Waals surface area contributed by atoms with Crippen molar-refractivity contribution in [2.24, 2.45) is 0 Å². The fraction of sp³-hybridized carbons (Fsp3) is 0.200. The molecule has 0 fully saturated rings. The van der Waals surface area contributed by atoms with Gasteiger partial charge in [0, 0.05) is 48.5 Å². The lowest BCUT2D eigenvalue weighted by Gasteiger charge is -2.22. The number of aromatic amines is 1. The molecule has 2 aromatic heterocycles. The van der Waals surface area contributed by atoms with Crippen LogP contribution in [0.1, 0.15) is 28.4 Å². The predicted molar refractivity (Wildman–Crippen MR) is 122 cm³/mol. The Labute approximate surface area is 176 Å². The number of H-pyrrole nitrogens is 1. The fourth-order valence-corrected chi connectivity index (χ4v) is 3.64. The van der Waals surface area contributed by atoms with Gasteiger partial charge in [0.15, 0.2) is 0 Å². The van der Waals surface area contributed by atoms with Gasteiger partial charge in [-0.1, -0.05) is 48.5 Å². The molecule has 0 atom stereocenters. The summed E-state index contributed by atoms with van der Waals surface area (Å²) in [6.45, 7) is 4.25. The van der Waals surface area contributed by atoms with Crippen molar-refractivity contribution in [3.05, 3.63) is 95.8 Å². The second-order valence-corrected chi connectivity index (χ2v) is 7.27. The molecule has 5 nitrogen and oxygen atoms in total. The molecule has 152 valence electrons. The average Bonchev–Trinajstić information content (AvgIpc) is 3.21. The van der Waals surface area contributed by atoms with Gasteiger partial charge in [0.2, 0.25) is 0 Å². The Balaban J connectivity index is 1.39. The van der Waals surface area contributed by atoms with E-state index in [-0.39, 0.29) is 5.91 Å². The second-order valence-electron chi connectivity index (χ2n) is 7.27. The number of carbonyl (C=O) groups is 1. The third kappa shape index (κ3) is 4.51.